The van der Waals surface area contributed by atoms with E-state index in [1.807, 2.05) is 19.1 Å². The van der Waals surface area contributed by atoms with Gasteiger partial charge in [-0.25, -0.2) is 4.98 Å². The van der Waals surface area contributed by atoms with Gasteiger partial charge in [-0.05, 0) is 43.4 Å². The highest BCUT2D eigenvalue weighted by molar-refractivity contribution is 5.89. The summed E-state index contributed by atoms with van der Waals surface area (Å²) in [5, 5.41) is 2.80. The number of nitrogens with two attached hydrogens (primary N) is 1. The second kappa shape index (κ2) is 7.11. The van der Waals surface area contributed by atoms with E-state index in [0.29, 0.717) is 24.7 Å². The second-order valence-electron chi connectivity index (χ2n) is 5.20. The first-order valence-electron chi connectivity index (χ1n) is 6.43. The minimum Gasteiger partial charge on any atom is -0.330 e. The van der Waals surface area contributed by atoms with Crippen LogP contribution >= 0.6 is 0 Å². The number of anilines is 1. The lowest BCUT2D eigenvalue weighted by atomic mass is 9.94. The fourth-order valence-electron chi connectivity index (χ4n) is 1.93. The average molecular weight is 249 g/mol. The van der Waals surface area contributed by atoms with E-state index in [0.717, 1.165) is 12.0 Å². The molecule has 18 heavy (non-hydrogen) atoms. The van der Waals surface area contributed by atoms with Crippen LogP contribution in [0.4, 0.5) is 5.82 Å². The molecule has 4 nitrogen and oxygen atoms in total. The van der Waals surface area contributed by atoms with Crippen LogP contribution in [0.25, 0.3) is 0 Å². The Hall–Kier alpha value is -1.42. The predicted molar refractivity (Wildman–Crippen MR) is 74.2 cm³/mol. The highest BCUT2D eigenvalue weighted by atomic mass is 16.1. The van der Waals surface area contributed by atoms with Crippen LogP contribution in [0.3, 0.4) is 0 Å². The number of amides is 1. The molecule has 0 spiro atoms. The quantitative estimate of drug-likeness (QED) is 0.813. The molecule has 3 N–H and O–H groups in total. The summed E-state index contributed by atoms with van der Waals surface area (Å²) in [6, 6.07) is 3.74. The highest BCUT2D eigenvalue weighted by Gasteiger charge is 2.14. The maximum absolute atomic E-state index is 11.8. The largest absolute Gasteiger partial charge is 0.330 e. The van der Waals surface area contributed by atoms with Gasteiger partial charge >= 0.3 is 0 Å². The molecule has 1 rings (SSSR count). The van der Waals surface area contributed by atoms with Crippen molar-refractivity contribution in [3.63, 3.8) is 0 Å². The van der Waals surface area contributed by atoms with Gasteiger partial charge in [0.25, 0.3) is 0 Å². The molecular formula is C14H23N3O. The van der Waals surface area contributed by atoms with Gasteiger partial charge < -0.3 is 11.1 Å². The third-order valence-corrected chi connectivity index (χ3v) is 2.79. The molecule has 0 saturated heterocycles. The molecule has 0 saturated carbocycles. The zero-order chi connectivity index (χ0) is 13.5. The Balaban J connectivity index is 2.47. The van der Waals surface area contributed by atoms with Gasteiger partial charge in [-0.2, -0.15) is 0 Å². The lowest BCUT2D eigenvalue weighted by Crippen LogP contribution is -2.23. The van der Waals surface area contributed by atoms with E-state index >= 15 is 0 Å². The van der Waals surface area contributed by atoms with Crippen LogP contribution in [0.5, 0.6) is 0 Å². The zero-order valence-electron chi connectivity index (χ0n) is 11.4. The van der Waals surface area contributed by atoms with Gasteiger partial charge in [0, 0.05) is 12.6 Å². The molecule has 1 heterocycles. The Kier molecular flexibility index (Phi) is 5.78. The molecule has 0 aliphatic heterocycles. The average Bonchev–Trinajstić information content (AvgIpc) is 2.30. The second-order valence-corrected chi connectivity index (χ2v) is 5.20. The topological polar surface area (TPSA) is 68.0 Å². The summed E-state index contributed by atoms with van der Waals surface area (Å²) < 4.78 is 0. The zero-order valence-corrected chi connectivity index (χ0v) is 11.4. The minimum atomic E-state index is -0.0116. The molecule has 1 amide bonds. The summed E-state index contributed by atoms with van der Waals surface area (Å²) >= 11 is 0. The van der Waals surface area contributed by atoms with E-state index in [1.54, 1.807) is 6.20 Å². The molecule has 0 aliphatic rings. The first-order valence-corrected chi connectivity index (χ1v) is 6.43. The fraction of sp³-hybridized carbons (Fsp3) is 0.571. The molecule has 0 bridgehead atoms. The van der Waals surface area contributed by atoms with Crippen LogP contribution in [-0.2, 0) is 4.79 Å². The summed E-state index contributed by atoms with van der Waals surface area (Å²) in [6.45, 7) is 6.79. The Morgan fingerprint density at radius 2 is 2.17 bits per heavy atom. The molecule has 1 unspecified atom stereocenters. The molecule has 0 fully saturated rings. The molecule has 100 valence electrons. The monoisotopic (exact) mass is 249 g/mol. The first kappa shape index (κ1) is 14.6. The number of nitrogens with zero attached hydrogens (tertiary/aromatic N) is 1. The van der Waals surface area contributed by atoms with Crippen molar-refractivity contribution in [1.29, 1.82) is 0 Å². The van der Waals surface area contributed by atoms with Crippen molar-refractivity contribution in [2.45, 2.75) is 33.6 Å². The number of nitrogens with one attached hydrogen (secondary N) is 1. The fourth-order valence-corrected chi connectivity index (χ4v) is 1.93. The van der Waals surface area contributed by atoms with E-state index in [2.05, 4.69) is 24.1 Å². The summed E-state index contributed by atoms with van der Waals surface area (Å²) in [5.41, 5.74) is 6.76. The molecule has 4 heteroatoms. The number of pyridine rings is 1. The van der Waals surface area contributed by atoms with Gasteiger partial charge in [0.15, 0.2) is 0 Å². The van der Waals surface area contributed by atoms with Crippen LogP contribution in [0, 0.1) is 18.8 Å². The lowest BCUT2D eigenvalue weighted by Gasteiger charge is -2.16. The SMILES string of the molecule is Cc1ccc(NC(=O)CC(CN)CC(C)C)nc1. The number of carbonyl (C=O) groups excluding carboxylic acids is 1. The van der Waals surface area contributed by atoms with Crippen LogP contribution in [-0.4, -0.2) is 17.4 Å². The molecular weight excluding hydrogens is 226 g/mol. The van der Waals surface area contributed by atoms with Crippen molar-refractivity contribution in [3.05, 3.63) is 23.9 Å². The molecule has 0 aromatic carbocycles. The van der Waals surface area contributed by atoms with Gasteiger partial charge in [-0.1, -0.05) is 19.9 Å². The molecule has 0 aliphatic carbocycles. The number of hydrogen-bond acceptors (Lipinski definition) is 3. The van der Waals surface area contributed by atoms with Gasteiger partial charge in [-0.3, -0.25) is 4.79 Å². The molecule has 1 aromatic heterocycles. The summed E-state index contributed by atoms with van der Waals surface area (Å²) in [5.74, 6) is 1.40. The van der Waals surface area contributed by atoms with Crippen molar-refractivity contribution in [1.82, 2.24) is 4.98 Å². The normalized spacial score (nSPS) is 12.5. The minimum absolute atomic E-state index is 0.0116. The number of hydrogen-bond donors (Lipinski definition) is 2. The maximum atomic E-state index is 11.8. The van der Waals surface area contributed by atoms with Gasteiger partial charge in [0.1, 0.15) is 5.82 Å². The Labute approximate surface area is 109 Å². The van der Waals surface area contributed by atoms with Crippen molar-refractivity contribution in [2.24, 2.45) is 17.6 Å². The van der Waals surface area contributed by atoms with Gasteiger partial charge in [0.2, 0.25) is 5.91 Å². The lowest BCUT2D eigenvalue weighted by molar-refractivity contribution is -0.117. The number of rotatable bonds is 6. The van der Waals surface area contributed by atoms with Crippen molar-refractivity contribution < 1.29 is 4.79 Å². The van der Waals surface area contributed by atoms with E-state index in [4.69, 9.17) is 5.73 Å². The Morgan fingerprint density at radius 3 is 2.67 bits per heavy atom. The van der Waals surface area contributed by atoms with Crippen LogP contribution < -0.4 is 11.1 Å². The van der Waals surface area contributed by atoms with Crippen LogP contribution in [0.15, 0.2) is 18.3 Å². The third-order valence-electron chi connectivity index (χ3n) is 2.79. The Bertz CT molecular complexity index is 373. The van der Waals surface area contributed by atoms with Crippen LogP contribution in [0.1, 0.15) is 32.3 Å². The van der Waals surface area contributed by atoms with E-state index in [1.165, 1.54) is 0 Å². The van der Waals surface area contributed by atoms with Crippen molar-refractivity contribution >= 4 is 11.7 Å². The van der Waals surface area contributed by atoms with E-state index in [-0.39, 0.29) is 11.8 Å². The van der Waals surface area contributed by atoms with Gasteiger partial charge in [-0.15, -0.1) is 0 Å². The third kappa shape index (κ3) is 5.27. The summed E-state index contributed by atoms with van der Waals surface area (Å²) in [7, 11) is 0. The van der Waals surface area contributed by atoms with Gasteiger partial charge in [0.05, 0.1) is 0 Å². The number of aryl methyl sites for hydroxylation is 1. The highest BCUT2D eigenvalue weighted by Crippen LogP contribution is 2.15. The smallest absolute Gasteiger partial charge is 0.225 e. The van der Waals surface area contributed by atoms with Crippen LogP contribution in [0.2, 0.25) is 0 Å². The summed E-state index contributed by atoms with van der Waals surface area (Å²) in [4.78, 5) is 16.0. The Morgan fingerprint density at radius 1 is 1.44 bits per heavy atom. The van der Waals surface area contributed by atoms with E-state index < -0.39 is 0 Å². The van der Waals surface area contributed by atoms with Crippen molar-refractivity contribution in [2.75, 3.05) is 11.9 Å². The summed E-state index contributed by atoms with van der Waals surface area (Å²) in [6.07, 6.45) is 3.18. The standard InChI is InChI=1S/C14H23N3O/c1-10(2)6-12(8-15)7-14(18)17-13-5-4-11(3)9-16-13/h4-5,9-10,12H,6-8,15H2,1-3H3,(H,16,17,18). The predicted octanol–water partition coefficient (Wildman–Crippen LogP) is 2.34. The molecule has 1 aromatic rings. The number of carbonyl (C=O) groups is 1. The number of aromatic nitrogens is 1. The van der Waals surface area contributed by atoms with Crippen molar-refractivity contribution in [3.8, 4) is 0 Å². The van der Waals surface area contributed by atoms with E-state index in [9.17, 15) is 4.79 Å². The molecule has 1 atom stereocenters. The molecule has 0 radical (unpaired) electrons. The first-order chi connectivity index (χ1) is 8.51. The maximum Gasteiger partial charge on any atom is 0.225 e.